The third-order valence-electron chi connectivity index (χ3n) is 3.41. The van der Waals surface area contributed by atoms with Gasteiger partial charge in [-0.1, -0.05) is 6.07 Å². The summed E-state index contributed by atoms with van der Waals surface area (Å²) < 4.78 is 13.1. The van der Waals surface area contributed by atoms with Crippen LogP contribution in [0, 0.1) is 12.7 Å². The van der Waals surface area contributed by atoms with Crippen LogP contribution >= 0.6 is 0 Å². The quantitative estimate of drug-likeness (QED) is 0.800. The second kappa shape index (κ2) is 7.49. The fourth-order valence-corrected chi connectivity index (χ4v) is 2.20. The molecule has 0 saturated heterocycles. The minimum absolute atomic E-state index is 0.152. The van der Waals surface area contributed by atoms with Gasteiger partial charge >= 0.3 is 6.03 Å². The fourth-order valence-electron chi connectivity index (χ4n) is 2.20. The molecule has 0 bridgehead atoms. The first-order valence-electron chi connectivity index (χ1n) is 7.30. The van der Waals surface area contributed by atoms with Gasteiger partial charge in [0.1, 0.15) is 5.82 Å². The first kappa shape index (κ1) is 17.3. The van der Waals surface area contributed by atoms with E-state index in [4.69, 9.17) is 0 Å². The second-order valence-corrected chi connectivity index (χ2v) is 5.20. The van der Waals surface area contributed by atoms with Crippen molar-refractivity contribution in [2.75, 3.05) is 12.4 Å². The zero-order valence-corrected chi connectivity index (χ0v) is 13.6. The first-order chi connectivity index (χ1) is 11.4. The predicted molar refractivity (Wildman–Crippen MR) is 87.1 cm³/mol. The third-order valence-corrected chi connectivity index (χ3v) is 3.41. The summed E-state index contributed by atoms with van der Waals surface area (Å²) in [6, 6.07) is 6.53. The maximum atomic E-state index is 13.1. The normalized spacial score (nSPS) is 11.5. The maximum absolute atomic E-state index is 13.1. The monoisotopic (exact) mass is 331 g/mol. The van der Waals surface area contributed by atoms with E-state index in [2.05, 4.69) is 26.1 Å². The molecule has 1 atom stereocenters. The van der Waals surface area contributed by atoms with E-state index in [-0.39, 0.29) is 29.3 Å². The summed E-state index contributed by atoms with van der Waals surface area (Å²) in [6.45, 7) is 3.57. The van der Waals surface area contributed by atoms with Crippen LogP contribution in [0.5, 0.6) is 0 Å². The maximum Gasteiger partial charge on any atom is 0.320 e. The lowest BCUT2D eigenvalue weighted by Gasteiger charge is -2.17. The van der Waals surface area contributed by atoms with E-state index in [9.17, 15) is 14.0 Å². The Labute approximate surface area is 138 Å². The molecule has 2 aromatic rings. The summed E-state index contributed by atoms with van der Waals surface area (Å²) in [5, 5.41) is 15.2. The van der Waals surface area contributed by atoms with Gasteiger partial charge in [0.25, 0.3) is 5.91 Å². The van der Waals surface area contributed by atoms with Gasteiger partial charge in [-0.3, -0.25) is 10.1 Å². The van der Waals surface area contributed by atoms with Crippen LogP contribution in [0.1, 0.15) is 34.6 Å². The Balaban J connectivity index is 1.98. The molecule has 8 heteroatoms. The standard InChI is InChI=1S/C16H18FN5O2/c1-9-8-11(17)4-5-12(9)10(2)19-16(24)20-14-7-6-13(21-22-14)15(23)18-3/h4-8,10H,1-3H3,(H,18,23)(H2,19,20,22,24)/t10-/m1/s1. The summed E-state index contributed by atoms with van der Waals surface area (Å²) in [5.41, 5.74) is 1.71. The number of hydrogen-bond acceptors (Lipinski definition) is 4. The molecule has 0 radical (unpaired) electrons. The Morgan fingerprint density at radius 1 is 1.17 bits per heavy atom. The van der Waals surface area contributed by atoms with Crippen LogP contribution in [0.15, 0.2) is 30.3 Å². The number of carbonyl (C=O) groups is 2. The van der Waals surface area contributed by atoms with Crippen molar-refractivity contribution in [3.63, 3.8) is 0 Å². The minimum Gasteiger partial charge on any atom is -0.354 e. The Kier molecular flexibility index (Phi) is 5.41. The van der Waals surface area contributed by atoms with Gasteiger partial charge in [-0.25, -0.2) is 9.18 Å². The summed E-state index contributed by atoms with van der Waals surface area (Å²) in [7, 11) is 1.49. The number of urea groups is 1. The zero-order valence-electron chi connectivity index (χ0n) is 13.6. The van der Waals surface area contributed by atoms with Gasteiger partial charge in [-0.15, -0.1) is 10.2 Å². The van der Waals surface area contributed by atoms with E-state index in [1.54, 1.807) is 19.9 Å². The molecule has 0 aliphatic carbocycles. The number of rotatable bonds is 4. The van der Waals surface area contributed by atoms with Crippen molar-refractivity contribution in [2.24, 2.45) is 0 Å². The SMILES string of the molecule is CNC(=O)c1ccc(NC(=O)N[C@H](C)c2ccc(F)cc2C)nn1. The van der Waals surface area contributed by atoms with Crippen LogP contribution < -0.4 is 16.0 Å². The molecule has 3 amide bonds. The highest BCUT2D eigenvalue weighted by molar-refractivity contribution is 5.92. The van der Waals surface area contributed by atoms with Crippen molar-refractivity contribution in [1.29, 1.82) is 0 Å². The van der Waals surface area contributed by atoms with E-state index >= 15 is 0 Å². The number of benzene rings is 1. The lowest BCUT2D eigenvalue weighted by molar-refractivity contribution is 0.0957. The number of aryl methyl sites for hydroxylation is 1. The van der Waals surface area contributed by atoms with Crippen molar-refractivity contribution >= 4 is 17.8 Å². The molecule has 1 aromatic heterocycles. The molecule has 0 saturated carbocycles. The second-order valence-electron chi connectivity index (χ2n) is 5.20. The lowest BCUT2D eigenvalue weighted by Crippen LogP contribution is -2.32. The highest BCUT2D eigenvalue weighted by Gasteiger charge is 2.13. The smallest absolute Gasteiger partial charge is 0.320 e. The van der Waals surface area contributed by atoms with Crippen LogP contribution in [0.25, 0.3) is 0 Å². The van der Waals surface area contributed by atoms with Crippen molar-refractivity contribution in [3.05, 3.63) is 53.0 Å². The van der Waals surface area contributed by atoms with Crippen molar-refractivity contribution < 1.29 is 14.0 Å². The number of amides is 3. The van der Waals surface area contributed by atoms with Gasteiger partial charge in [0.05, 0.1) is 6.04 Å². The summed E-state index contributed by atoms with van der Waals surface area (Å²) >= 11 is 0. The van der Waals surface area contributed by atoms with Gasteiger partial charge < -0.3 is 10.6 Å². The molecule has 1 aromatic carbocycles. The van der Waals surface area contributed by atoms with Crippen LogP contribution in [0.4, 0.5) is 15.0 Å². The Morgan fingerprint density at radius 3 is 2.50 bits per heavy atom. The Bertz CT molecular complexity index is 749. The number of halogens is 1. The third kappa shape index (κ3) is 4.25. The molecular weight excluding hydrogens is 313 g/mol. The molecule has 7 nitrogen and oxygen atoms in total. The van der Waals surface area contributed by atoms with Crippen LogP contribution in [0.3, 0.4) is 0 Å². The molecule has 0 unspecified atom stereocenters. The summed E-state index contributed by atoms with van der Waals surface area (Å²) in [6.07, 6.45) is 0. The molecule has 0 fully saturated rings. The Morgan fingerprint density at radius 2 is 1.92 bits per heavy atom. The van der Waals surface area contributed by atoms with E-state index in [1.807, 2.05) is 0 Å². The van der Waals surface area contributed by atoms with Crippen molar-refractivity contribution in [2.45, 2.75) is 19.9 Å². The molecular formula is C16H18FN5O2. The highest BCUT2D eigenvalue weighted by Crippen LogP contribution is 2.18. The molecule has 0 aliphatic heterocycles. The molecule has 3 N–H and O–H groups in total. The zero-order chi connectivity index (χ0) is 17.7. The average Bonchev–Trinajstić information content (AvgIpc) is 2.54. The van der Waals surface area contributed by atoms with E-state index in [1.165, 1.54) is 31.3 Å². The minimum atomic E-state index is -0.479. The summed E-state index contributed by atoms with van der Waals surface area (Å²) in [4.78, 5) is 23.4. The number of aromatic nitrogens is 2. The van der Waals surface area contributed by atoms with Gasteiger partial charge in [-0.05, 0) is 49.2 Å². The number of carbonyl (C=O) groups excluding carboxylic acids is 2. The molecule has 1 heterocycles. The molecule has 126 valence electrons. The highest BCUT2D eigenvalue weighted by atomic mass is 19.1. The topological polar surface area (TPSA) is 96.0 Å². The Hall–Kier alpha value is -3.03. The van der Waals surface area contributed by atoms with Gasteiger partial charge in [0.2, 0.25) is 0 Å². The van der Waals surface area contributed by atoms with Crippen LogP contribution in [-0.4, -0.2) is 29.2 Å². The van der Waals surface area contributed by atoms with Gasteiger partial charge in [0, 0.05) is 7.05 Å². The predicted octanol–water partition coefficient (Wildman–Crippen LogP) is 2.17. The number of nitrogens with zero attached hydrogens (tertiary/aromatic N) is 2. The van der Waals surface area contributed by atoms with Crippen LogP contribution in [0.2, 0.25) is 0 Å². The van der Waals surface area contributed by atoms with Gasteiger partial charge in [0.15, 0.2) is 11.5 Å². The fraction of sp³-hybridized carbons (Fsp3) is 0.250. The molecule has 2 rings (SSSR count). The number of hydrogen-bond donors (Lipinski definition) is 3. The summed E-state index contributed by atoms with van der Waals surface area (Å²) in [5.74, 6) is -0.471. The van der Waals surface area contributed by atoms with Crippen molar-refractivity contribution in [1.82, 2.24) is 20.8 Å². The van der Waals surface area contributed by atoms with Crippen molar-refractivity contribution in [3.8, 4) is 0 Å². The number of anilines is 1. The number of nitrogens with one attached hydrogen (secondary N) is 3. The van der Waals surface area contributed by atoms with Crippen LogP contribution in [-0.2, 0) is 0 Å². The van der Waals surface area contributed by atoms with E-state index in [0.717, 1.165) is 11.1 Å². The molecule has 0 aliphatic rings. The van der Waals surface area contributed by atoms with E-state index in [0.29, 0.717) is 0 Å². The first-order valence-corrected chi connectivity index (χ1v) is 7.30. The molecule has 24 heavy (non-hydrogen) atoms. The van der Waals surface area contributed by atoms with E-state index < -0.39 is 6.03 Å². The van der Waals surface area contributed by atoms with Gasteiger partial charge in [-0.2, -0.15) is 0 Å². The largest absolute Gasteiger partial charge is 0.354 e. The lowest BCUT2D eigenvalue weighted by atomic mass is 10.0. The molecule has 0 spiro atoms. The average molecular weight is 331 g/mol.